The smallest absolute Gasteiger partial charge is 0.00731 e. The maximum absolute atomic E-state index is 4.17. The first-order chi connectivity index (χ1) is 9.56. The molecular weight excluding hydrogens is 240 g/mol. The van der Waals surface area contributed by atoms with Crippen LogP contribution >= 0.6 is 0 Å². The third-order valence-electron chi connectivity index (χ3n) is 3.87. The van der Waals surface area contributed by atoms with E-state index in [1.54, 1.807) is 0 Å². The molecule has 2 rings (SSSR count). The Hall–Kier alpha value is -2.08. The van der Waals surface area contributed by atoms with Crippen LogP contribution in [0.3, 0.4) is 0 Å². The van der Waals surface area contributed by atoms with Gasteiger partial charge in [0.2, 0.25) is 0 Å². The number of aryl methyl sites for hydroxylation is 1. The maximum Gasteiger partial charge on any atom is -0.00731 e. The van der Waals surface area contributed by atoms with Crippen molar-refractivity contribution in [3.63, 3.8) is 0 Å². The predicted molar refractivity (Wildman–Crippen MR) is 93.0 cm³/mol. The molecule has 0 heterocycles. The van der Waals surface area contributed by atoms with E-state index < -0.39 is 0 Å². The highest BCUT2D eigenvalue weighted by atomic mass is 14.1. The fourth-order valence-electron chi connectivity index (χ4n) is 3.07. The highest BCUT2D eigenvalue weighted by Crippen LogP contribution is 2.24. The van der Waals surface area contributed by atoms with Crippen molar-refractivity contribution in [2.75, 3.05) is 0 Å². The summed E-state index contributed by atoms with van der Waals surface area (Å²) in [5.41, 5.74) is 4.79. The Bertz CT molecular complexity index is 817. The second-order valence-electron chi connectivity index (χ2n) is 5.18. The zero-order chi connectivity index (χ0) is 14.9. The summed E-state index contributed by atoms with van der Waals surface area (Å²) >= 11 is 0. The number of allylic oxidation sites excluding steroid dienone is 1. The van der Waals surface area contributed by atoms with E-state index >= 15 is 0 Å². The first-order valence-corrected chi connectivity index (χ1v) is 7.03. The molecule has 0 radical (unpaired) electrons. The normalized spacial score (nSPS) is 13.0. The number of fused-ring (bicyclic) bond motifs is 1. The molecule has 0 spiro atoms. The molecule has 0 atom stereocenters. The van der Waals surface area contributed by atoms with Gasteiger partial charge in [-0.1, -0.05) is 49.6 Å². The maximum atomic E-state index is 4.17. The molecule has 0 N–H and O–H groups in total. The van der Waals surface area contributed by atoms with E-state index in [4.69, 9.17) is 0 Å². The average Bonchev–Trinajstić information content (AvgIpc) is 2.44. The first kappa shape index (κ1) is 14.3. The van der Waals surface area contributed by atoms with Crippen LogP contribution < -0.4 is 10.4 Å². The van der Waals surface area contributed by atoms with E-state index in [1.807, 2.05) is 6.08 Å². The van der Waals surface area contributed by atoms with E-state index in [0.717, 1.165) is 5.57 Å². The van der Waals surface area contributed by atoms with Crippen molar-refractivity contribution in [1.82, 2.24) is 0 Å². The summed E-state index contributed by atoms with van der Waals surface area (Å²) < 4.78 is 0. The second-order valence-corrected chi connectivity index (χ2v) is 5.18. The van der Waals surface area contributed by atoms with Gasteiger partial charge in [-0.2, -0.15) is 0 Å². The Morgan fingerprint density at radius 2 is 1.75 bits per heavy atom. The SMILES string of the molecule is C=Cc1c(C(=C)C)c(=C\C)/c(=C/C)c2c(C)cccc12. The number of hydrogen-bond donors (Lipinski definition) is 0. The highest BCUT2D eigenvalue weighted by Gasteiger charge is 2.11. The summed E-state index contributed by atoms with van der Waals surface area (Å²) in [5.74, 6) is 0. The molecule has 0 unspecified atom stereocenters. The molecule has 0 aliphatic carbocycles. The molecule has 0 fully saturated rings. The fraction of sp³-hybridized carbons (Fsp3) is 0.200. The number of hydrogen-bond acceptors (Lipinski definition) is 0. The molecule has 0 saturated carbocycles. The average molecular weight is 262 g/mol. The molecule has 102 valence electrons. The second kappa shape index (κ2) is 5.50. The van der Waals surface area contributed by atoms with Crippen LogP contribution in [0.25, 0.3) is 34.6 Å². The van der Waals surface area contributed by atoms with Gasteiger partial charge in [0.05, 0.1) is 0 Å². The Morgan fingerprint density at radius 1 is 1.10 bits per heavy atom. The summed E-state index contributed by atoms with van der Waals surface area (Å²) in [6.07, 6.45) is 6.33. The third kappa shape index (κ3) is 2.02. The van der Waals surface area contributed by atoms with E-state index in [-0.39, 0.29) is 0 Å². The van der Waals surface area contributed by atoms with Crippen LogP contribution in [0.5, 0.6) is 0 Å². The Kier molecular flexibility index (Phi) is 3.94. The topological polar surface area (TPSA) is 0 Å². The lowest BCUT2D eigenvalue weighted by molar-refractivity contribution is 1.43. The summed E-state index contributed by atoms with van der Waals surface area (Å²) in [4.78, 5) is 0. The van der Waals surface area contributed by atoms with Crippen LogP contribution in [0.1, 0.15) is 37.5 Å². The molecule has 0 heteroatoms. The summed E-state index contributed by atoms with van der Waals surface area (Å²) in [7, 11) is 0. The molecule has 2 aromatic rings. The molecule has 0 aliphatic rings. The zero-order valence-electron chi connectivity index (χ0n) is 12.9. The van der Waals surface area contributed by atoms with Gasteiger partial charge < -0.3 is 0 Å². The Morgan fingerprint density at radius 3 is 2.25 bits per heavy atom. The first-order valence-electron chi connectivity index (χ1n) is 7.03. The zero-order valence-corrected chi connectivity index (χ0v) is 12.9. The van der Waals surface area contributed by atoms with E-state index in [1.165, 1.54) is 37.9 Å². The highest BCUT2D eigenvalue weighted by molar-refractivity contribution is 5.97. The van der Waals surface area contributed by atoms with Crippen molar-refractivity contribution in [3.05, 3.63) is 58.5 Å². The van der Waals surface area contributed by atoms with Crippen LogP contribution in [0.15, 0.2) is 31.4 Å². The predicted octanol–water partition coefficient (Wildman–Crippen LogP) is 4.43. The summed E-state index contributed by atoms with van der Waals surface area (Å²) in [5, 5.41) is 5.14. The van der Waals surface area contributed by atoms with Crippen molar-refractivity contribution >= 4 is 34.6 Å². The minimum atomic E-state index is 1.08. The number of benzene rings is 2. The minimum Gasteiger partial charge on any atom is -0.0984 e. The number of rotatable bonds is 2. The molecule has 0 nitrogen and oxygen atoms in total. The van der Waals surface area contributed by atoms with Crippen molar-refractivity contribution < 1.29 is 0 Å². The fourth-order valence-corrected chi connectivity index (χ4v) is 3.07. The van der Waals surface area contributed by atoms with Gasteiger partial charge in [-0.15, -0.1) is 0 Å². The minimum absolute atomic E-state index is 1.08. The lowest BCUT2D eigenvalue weighted by Gasteiger charge is -2.14. The van der Waals surface area contributed by atoms with Gasteiger partial charge in [0, 0.05) is 0 Å². The molecule has 0 amide bonds. The van der Waals surface area contributed by atoms with Crippen LogP contribution in [-0.4, -0.2) is 0 Å². The standard InChI is InChI=1S/C20H22/c1-7-15-16(8-2)20-14(6)11-10-12-18(20)17(9-3)19(15)13(4)5/h7-12H,3-4H2,1-2,5-6H3/b15-7-,16-8-. The van der Waals surface area contributed by atoms with Gasteiger partial charge in [-0.3, -0.25) is 0 Å². The lowest BCUT2D eigenvalue weighted by atomic mass is 9.89. The van der Waals surface area contributed by atoms with Gasteiger partial charge in [0.15, 0.2) is 0 Å². The molecule has 0 aromatic heterocycles. The van der Waals surface area contributed by atoms with Crippen molar-refractivity contribution in [2.24, 2.45) is 0 Å². The molecule has 0 aliphatic heterocycles. The van der Waals surface area contributed by atoms with Crippen LogP contribution in [0.4, 0.5) is 0 Å². The monoisotopic (exact) mass is 262 g/mol. The molecular formula is C20H22. The van der Waals surface area contributed by atoms with Crippen LogP contribution in [0, 0.1) is 6.92 Å². The molecule has 0 bridgehead atoms. The Labute approximate surface area is 121 Å². The van der Waals surface area contributed by atoms with E-state index in [9.17, 15) is 0 Å². The lowest BCUT2D eigenvalue weighted by Crippen LogP contribution is -2.30. The molecule has 2 aromatic carbocycles. The van der Waals surface area contributed by atoms with Gasteiger partial charge >= 0.3 is 0 Å². The summed E-state index contributed by atoms with van der Waals surface area (Å²) in [6, 6.07) is 6.46. The largest absolute Gasteiger partial charge is 0.0984 e. The Balaban J connectivity index is 3.33. The van der Waals surface area contributed by atoms with Gasteiger partial charge in [0.25, 0.3) is 0 Å². The third-order valence-corrected chi connectivity index (χ3v) is 3.87. The quantitative estimate of drug-likeness (QED) is 0.751. The van der Waals surface area contributed by atoms with Crippen LogP contribution in [0.2, 0.25) is 0 Å². The van der Waals surface area contributed by atoms with E-state index in [2.05, 4.69) is 71.2 Å². The molecule has 0 saturated heterocycles. The van der Waals surface area contributed by atoms with Crippen molar-refractivity contribution in [1.29, 1.82) is 0 Å². The molecule has 20 heavy (non-hydrogen) atoms. The van der Waals surface area contributed by atoms with Crippen molar-refractivity contribution in [3.8, 4) is 0 Å². The van der Waals surface area contributed by atoms with Gasteiger partial charge in [0.1, 0.15) is 0 Å². The summed E-state index contributed by atoms with van der Waals surface area (Å²) in [6.45, 7) is 16.6. The van der Waals surface area contributed by atoms with Crippen LogP contribution in [-0.2, 0) is 0 Å². The van der Waals surface area contributed by atoms with E-state index in [0.29, 0.717) is 0 Å². The van der Waals surface area contributed by atoms with Gasteiger partial charge in [-0.25, -0.2) is 0 Å². The van der Waals surface area contributed by atoms with Gasteiger partial charge in [-0.05, 0) is 71.2 Å². The van der Waals surface area contributed by atoms with Crippen molar-refractivity contribution in [2.45, 2.75) is 27.7 Å².